The van der Waals surface area contributed by atoms with E-state index in [2.05, 4.69) is 10.1 Å². The molecule has 0 heterocycles. The number of ether oxygens (including phenoxy) is 2. The second kappa shape index (κ2) is 8.67. The lowest BCUT2D eigenvalue weighted by Gasteiger charge is -2.41. The first-order valence-electron chi connectivity index (χ1n) is 9.12. The van der Waals surface area contributed by atoms with Gasteiger partial charge in [-0.2, -0.15) is 0 Å². The fourth-order valence-corrected chi connectivity index (χ4v) is 3.89. The predicted molar refractivity (Wildman–Crippen MR) is 97.7 cm³/mol. The third kappa shape index (κ3) is 5.17. The molecule has 1 aromatic rings. The Balaban J connectivity index is 2.17. The minimum atomic E-state index is -3.13. The van der Waals surface area contributed by atoms with Gasteiger partial charge in [0.1, 0.15) is 0 Å². The summed E-state index contributed by atoms with van der Waals surface area (Å²) in [5, 5.41) is 3.19. The van der Waals surface area contributed by atoms with Gasteiger partial charge in [-0.15, -0.1) is 0 Å². The summed E-state index contributed by atoms with van der Waals surface area (Å²) in [7, 11) is 2.35. The van der Waals surface area contributed by atoms with Gasteiger partial charge in [-0.3, -0.25) is 9.59 Å². The summed E-state index contributed by atoms with van der Waals surface area (Å²) in [4.78, 5) is 24.3. The third-order valence-corrected chi connectivity index (χ3v) is 5.20. The molecule has 7 heteroatoms. The molecule has 0 bridgehead atoms. The zero-order valence-electron chi connectivity index (χ0n) is 16.0. The van der Waals surface area contributed by atoms with Crippen LogP contribution in [0.15, 0.2) is 24.3 Å². The first-order chi connectivity index (χ1) is 12.7. The van der Waals surface area contributed by atoms with Crippen molar-refractivity contribution in [1.29, 1.82) is 0 Å². The van der Waals surface area contributed by atoms with Gasteiger partial charge in [0.15, 0.2) is 0 Å². The van der Waals surface area contributed by atoms with Gasteiger partial charge in [-0.25, -0.2) is 8.78 Å². The number of benzene rings is 1. The third-order valence-electron chi connectivity index (χ3n) is 5.20. The molecule has 0 amide bonds. The van der Waals surface area contributed by atoms with E-state index in [0.29, 0.717) is 6.54 Å². The highest BCUT2D eigenvalue weighted by Gasteiger charge is 2.55. The molecule has 1 saturated carbocycles. The van der Waals surface area contributed by atoms with Crippen LogP contribution in [0.5, 0.6) is 0 Å². The van der Waals surface area contributed by atoms with Crippen LogP contribution in [0.25, 0.3) is 0 Å². The monoisotopic (exact) mass is 383 g/mol. The minimum Gasteiger partial charge on any atom is -0.469 e. The van der Waals surface area contributed by atoms with Gasteiger partial charge in [0.25, 0.3) is 0 Å². The van der Waals surface area contributed by atoms with Crippen LogP contribution >= 0.6 is 0 Å². The summed E-state index contributed by atoms with van der Waals surface area (Å²) in [6.45, 7) is 2.36. The van der Waals surface area contributed by atoms with E-state index in [4.69, 9.17) is 4.74 Å². The van der Waals surface area contributed by atoms with Crippen LogP contribution in [0.4, 0.5) is 14.5 Å². The molecule has 2 unspecified atom stereocenters. The van der Waals surface area contributed by atoms with Gasteiger partial charge < -0.3 is 14.8 Å². The van der Waals surface area contributed by atoms with Crippen LogP contribution in [0, 0.1) is 11.3 Å². The van der Waals surface area contributed by atoms with E-state index < -0.39 is 42.0 Å². The first kappa shape index (κ1) is 21.1. The van der Waals surface area contributed by atoms with Crippen molar-refractivity contribution in [2.45, 2.75) is 45.0 Å². The van der Waals surface area contributed by atoms with E-state index in [9.17, 15) is 18.4 Å². The topological polar surface area (TPSA) is 64.6 Å². The number of methoxy groups -OCH3 is 2. The van der Waals surface area contributed by atoms with Crippen molar-refractivity contribution >= 4 is 17.6 Å². The maximum Gasteiger partial charge on any atom is 0.312 e. The lowest BCUT2D eigenvalue weighted by Crippen LogP contribution is -2.48. The number of aryl methyl sites for hydroxylation is 1. The number of hydrogen-bond acceptors (Lipinski definition) is 5. The average molecular weight is 383 g/mol. The zero-order chi connectivity index (χ0) is 20.1. The molecule has 27 heavy (non-hydrogen) atoms. The predicted octanol–water partition coefficient (Wildman–Crippen LogP) is 3.82. The highest BCUT2D eigenvalue weighted by Crippen LogP contribution is 2.50. The summed E-state index contributed by atoms with van der Waals surface area (Å²) in [5.41, 5.74) is 0.587. The smallest absolute Gasteiger partial charge is 0.312 e. The minimum absolute atomic E-state index is 0.00137. The summed E-state index contributed by atoms with van der Waals surface area (Å²) >= 11 is 0. The Morgan fingerprint density at radius 3 is 2.59 bits per heavy atom. The normalized spacial score (nSPS) is 24.1. The molecule has 0 saturated heterocycles. The number of esters is 2. The quantitative estimate of drug-likeness (QED) is 0.725. The summed E-state index contributed by atoms with van der Waals surface area (Å²) in [5.74, 6) is -5.58. The Morgan fingerprint density at radius 1 is 1.22 bits per heavy atom. The zero-order valence-corrected chi connectivity index (χ0v) is 16.0. The lowest BCUT2D eigenvalue weighted by atomic mass is 9.66. The Hall–Kier alpha value is -2.18. The SMILES string of the molecule is CCc1cccc(NCCC2(C(=O)OC)CC(C(=O)OC)CC(F)(F)C2)c1. The molecule has 1 aromatic carbocycles. The highest BCUT2D eigenvalue weighted by molar-refractivity contribution is 5.80. The van der Waals surface area contributed by atoms with Crippen molar-refractivity contribution in [1.82, 2.24) is 0 Å². The second-order valence-corrected chi connectivity index (χ2v) is 7.16. The molecule has 0 radical (unpaired) electrons. The Kier molecular flexibility index (Phi) is 6.78. The van der Waals surface area contributed by atoms with Gasteiger partial charge in [-0.05, 0) is 37.0 Å². The van der Waals surface area contributed by atoms with E-state index in [0.717, 1.165) is 24.8 Å². The largest absolute Gasteiger partial charge is 0.469 e. The van der Waals surface area contributed by atoms with Crippen molar-refractivity contribution < 1.29 is 27.8 Å². The fourth-order valence-electron chi connectivity index (χ4n) is 3.89. The fraction of sp³-hybridized carbons (Fsp3) is 0.600. The molecule has 2 atom stereocenters. The summed E-state index contributed by atoms with van der Waals surface area (Å²) in [6, 6.07) is 7.79. The molecule has 5 nitrogen and oxygen atoms in total. The molecule has 1 fully saturated rings. The van der Waals surface area contributed by atoms with E-state index in [1.165, 1.54) is 7.11 Å². The number of alkyl halides is 2. The number of carbonyl (C=O) groups excluding carboxylic acids is 2. The maximum atomic E-state index is 14.4. The average Bonchev–Trinajstić information content (AvgIpc) is 2.65. The molecule has 0 aromatic heterocycles. The first-order valence-corrected chi connectivity index (χ1v) is 9.12. The molecule has 1 N–H and O–H groups in total. The van der Waals surface area contributed by atoms with Crippen LogP contribution < -0.4 is 5.32 Å². The van der Waals surface area contributed by atoms with Gasteiger partial charge in [0.2, 0.25) is 5.92 Å². The summed E-state index contributed by atoms with van der Waals surface area (Å²) in [6.07, 6.45) is -0.215. The van der Waals surface area contributed by atoms with Crippen LogP contribution in [-0.4, -0.2) is 38.6 Å². The van der Waals surface area contributed by atoms with Crippen molar-refractivity contribution in [3.05, 3.63) is 29.8 Å². The molecule has 0 spiro atoms. The van der Waals surface area contributed by atoms with E-state index in [1.807, 2.05) is 31.2 Å². The van der Waals surface area contributed by atoms with Crippen LogP contribution in [0.2, 0.25) is 0 Å². The highest BCUT2D eigenvalue weighted by atomic mass is 19.3. The number of halogens is 2. The Labute approximate surface area is 158 Å². The van der Waals surface area contributed by atoms with Gasteiger partial charge in [0, 0.05) is 25.1 Å². The van der Waals surface area contributed by atoms with E-state index >= 15 is 0 Å². The maximum absolute atomic E-state index is 14.4. The molecule has 1 aliphatic carbocycles. The number of carbonyl (C=O) groups is 2. The number of hydrogen-bond donors (Lipinski definition) is 1. The van der Waals surface area contributed by atoms with E-state index in [-0.39, 0.29) is 12.8 Å². The Bertz CT molecular complexity index is 680. The standard InChI is InChI=1S/C20H27F2NO4/c1-4-14-6-5-7-16(10-14)23-9-8-19(18(25)27-3)11-15(17(24)26-2)12-20(21,22)13-19/h5-7,10,15,23H,4,8-9,11-13H2,1-3H3. The molecule has 0 aliphatic heterocycles. The number of rotatable bonds is 7. The van der Waals surface area contributed by atoms with Crippen molar-refractivity contribution in [3.8, 4) is 0 Å². The molecule has 150 valence electrons. The van der Waals surface area contributed by atoms with Crippen molar-refractivity contribution in [3.63, 3.8) is 0 Å². The van der Waals surface area contributed by atoms with Gasteiger partial charge in [0.05, 0.1) is 25.6 Å². The van der Waals surface area contributed by atoms with E-state index in [1.54, 1.807) is 0 Å². The molecule has 2 rings (SSSR count). The number of nitrogens with one attached hydrogen (secondary N) is 1. The second-order valence-electron chi connectivity index (χ2n) is 7.16. The molecular formula is C20H27F2NO4. The molecular weight excluding hydrogens is 356 g/mol. The van der Waals surface area contributed by atoms with Gasteiger partial charge in [-0.1, -0.05) is 19.1 Å². The Morgan fingerprint density at radius 2 is 1.96 bits per heavy atom. The number of anilines is 1. The molecule has 1 aliphatic rings. The van der Waals surface area contributed by atoms with Gasteiger partial charge >= 0.3 is 11.9 Å². The van der Waals surface area contributed by atoms with Crippen molar-refractivity contribution in [2.24, 2.45) is 11.3 Å². The summed E-state index contributed by atoms with van der Waals surface area (Å²) < 4.78 is 38.2. The van der Waals surface area contributed by atoms with Crippen LogP contribution in [0.3, 0.4) is 0 Å². The van der Waals surface area contributed by atoms with Crippen LogP contribution in [-0.2, 0) is 25.5 Å². The van der Waals surface area contributed by atoms with Crippen LogP contribution in [0.1, 0.15) is 38.2 Å². The van der Waals surface area contributed by atoms with Crippen molar-refractivity contribution in [2.75, 3.05) is 26.1 Å². The lowest BCUT2D eigenvalue weighted by molar-refractivity contribution is -0.177.